The lowest BCUT2D eigenvalue weighted by molar-refractivity contribution is 0.103. The van der Waals surface area contributed by atoms with Gasteiger partial charge in [0, 0.05) is 37.9 Å². The van der Waals surface area contributed by atoms with Crippen LogP contribution in [0.2, 0.25) is 0 Å². The summed E-state index contributed by atoms with van der Waals surface area (Å²) in [6.07, 6.45) is 2.15. The van der Waals surface area contributed by atoms with Gasteiger partial charge in [0.2, 0.25) is 0 Å². The minimum atomic E-state index is -0.300. The first-order chi connectivity index (χ1) is 11.4. The number of hydrogen-bond acceptors (Lipinski definition) is 4. The number of para-hydroxylation sites is 1. The van der Waals surface area contributed by atoms with E-state index in [0.717, 1.165) is 6.54 Å². The maximum absolute atomic E-state index is 9.80. The predicted molar refractivity (Wildman–Crippen MR) is 103 cm³/mol. The largest absolute Gasteiger partial charge is 0.392 e. The molecule has 1 saturated heterocycles. The summed E-state index contributed by atoms with van der Waals surface area (Å²) in [4.78, 5) is 7.24. The summed E-state index contributed by atoms with van der Waals surface area (Å²) in [6.45, 7) is 10.2. The molecule has 0 radical (unpaired) electrons. The summed E-state index contributed by atoms with van der Waals surface area (Å²) < 4.78 is 0. The number of hydrogen-bond donors (Lipinski definition) is 1. The summed E-state index contributed by atoms with van der Waals surface area (Å²) in [7, 11) is 4.45. The average molecular weight is 334 g/mol. The van der Waals surface area contributed by atoms with Gasteiger partial charge in [-0.15, -0.1) is 0 Å². The van der Waals surface area contributed by atoms with Gasteiger partial charge in [0.15, 0.2) is 0 Å². The highest BCUT2D eigenvalue weighted by molar-refractivity contribution is 5.54. The quantitative estimate of drug-likeness (QED) is 0.831. The maximum Gasteiger partial charge on any atom is 0.0639 e. The minimum absolute atomic E-state index is 0.300. The third kappa shape index (κ3) is 5.20. The molecule has 0 aromatic heterocycles. The third-order valence-corrected chi connectivity index (χ3v) is 5.21. The molecule has 1 aliphatic heterocycles. The molecule has 0 spiro atoms. The molecule has 1 atom stereocenters. The highest BCUT2D eigenvalue weighted by atomic mass is 16.3. The lowest BCUT2D eigenvalue weighted by Gasteiger charge is -2.38. The van der Waals surface area contributed by atoms with Gasteiger partial charge >= 0.3 is 0 Å². The molecule has 0 amide bonds. The number of aliphatic hydroxyl groups excluding tert-OH is 1. The fraction of sp³-hybridized carbons (Fsp3) is 0.700. The second kappa shape index (κ2) is 8.84. The average Bonchev–Trinajstić information content (AvgIpc) is 2.54. The van der Waals surface area contributed by atoms with Crippen molar-refractivity contribution in [3.8, 4) is 0 Å². The van der Waals surface area contributed by atoms with Crippen molar-refractivity contribution in [2.24, 2.45) is 0 Å². The van der Waals surface area contributed by atoms with Crippen molar-refractivity contribution in [1.29, 1.82) is 0 Å². The summed E-state index contributed by atoms with van der Waals surface area (Å²) in [5.74, 6) is 0. The molecular formula is C20H35N3O. The summed E-state index contributed by atoms with van der Waals surface area (Å²) >= 11 is 0. The Bertz CT molecular complexity index is 495. The first-order valence-corrected chi connectivity index (χ1v) is 9.30. The summed E-state index contributed by atoms with van der Waals surface area (Å²) in [6, 6.07) is 9.78. The second-order valence-electron chi connectivity index (χ2n) is 7.65. The van der Waals surface area contributed by atoms with E-state index in [4.69, 9.17) is 0 Å². The smallest absolute Gasteiger partial charge is 0.0639 e. The molecule has 0 bridgehead atoms. The molecule has 136 valence electrons. The molecule has 4 heteroatoms. The Balaban J connectivity index is 2.13. The SMILES string of the molecule is CC(O)CN(Cc1ccccc1N(C)C1CCN(C)CC1)C(C)C. The molecule has 0 aliphatic carbocycles. The zero-order valence-electron chi connectivity index (χ0n) is 16.1. The van der Waals surface area contributed by atoms with Crippen molar-refractivity contribution < 1.29 is 5.11 Å². The minimum Gasteiger partial charge on any atom is -0.392 e. The molecule has 1 aromatic carbocycles. The highest BCUT2D eigenvalue weighted by Crippen LogP contribution is 2.26. The van der Waals surface area contributed by atoms with Crippen molar-refractivity contribution in [3.05, 3.63) is 29.8 Å². The van der Waals surface area contributed by atoms with E-state index in [2.05, 4.69) is 66.9 Å². The van der Waals surface area contributed by atoms with Crippen molar-refractivity contribution in [2.45, 2.75) is 58.3 Å². The molecule has 1 fully saturated rings. The lowest BCUT2D eigenvalue weighted by Crippen LogP contribution is -2.42. The van der Waals surface area contributed by atoms with Crippen LogP contribution < -0.4 is 4.90 Å². The van der Waals surface area contributed by atoms with Gasteiger partial charge in [-0.2, -0.15) is 0 Å². The number of likely N-dealkylation sites (tertiary alicyclic amines) is 1. The van der Waals surface area contributed by atoms with Crippen LogP contribution in [-0.4, -0.2) is 66.8 Å². The Labute approximate surface area is 148 Å². The first-order valence-electron chi connectivity index (χ1n) is 9.30. The van der Waals surface area contributed by atoms with Crippen LogP contribution in [0.3, 0.4) is 0 Å². The monoisotopic (exact) mass is 333 g/mol. The van der Waals surface area contributed by atoms with Gasteiger partial charge in [-0.05, 0) is 65.4 Å². The van der Waals surface area contributed by atoms with Gasteiger partial charge in [0.25, 0.3) is 0 Å². The number of benzene rings is 1. The highest BCUT2D eigenvalue weighted by Gasteiger charge is 2.23. The van der Waals surface area contributed by atoms with Crippen LogP contribution in [0.5, 0.6) is 0 Å². The van der Waals surface area contributed by atoms with Crippen molar-refractivity contribution in [3.63, 3.8) is 0 Å². The number of aliphatic hydroxyl groups is 1. The van der Waals surface area contributed by atoms with Crippen molar-refractivity contribution >= 4 is 5.69 Å². The van der Waals surface area contributed by atoms with Crippen LogP contribution in [-0.2, 0) is 6.54 Å². The van der Waals surface area contributed by atoms with Crippen LogP contribution in [0.25, 0.3) is 0 Å². The van der Waals surface area contributed by atoms with Crippen LogP contribution in [0.15, 0.2) is 24.3 Å². The van der Waals surface area contributed by atoms with E-state index in [9.17, 15) is 5.11 Å². The molecule has 1 aromatic rings. The van der Waals surface area contributed by atoms with Gasteiger partial charge < -0.3 is 14.9 Å². The van der Waals surface area contributed by atoms with Crippen LogP contribution in [0.1, 0.15) is 39.2 Å². The molecule has 4 nitrogen and oxygen atoms in total. The van der Waals surface area contributed by atoms with Crippen molar-refractivity contribution in [1.82, 2.24) is 9.80 Å². The molecule has 1 unspecified atom stereocenters. The van der Waals surface area contributed by atoms with E-state index in [1.165, 1.54) is 37.2 Å². The number of rotatable bonds is 7. The molecule has 0 saturated carbocycles. The summed E-state index contributed by atoms with van der Waals surface area (Å²) in [5.41, 5.74) is 2.69. The maximum atomic E-state index is 9.80. The molecule has 1 aliphatic rings. The number of nitrogens with zero attached hydrogens (tertiary/aromatic N) is 3. The van der Waals surface area contributed by atoms with E-state index >= 15 is 0 Å². The zero-order valence-corrected chi connectivity index (χ0v) is 16.1. The van der Waals surface area contributed by atoms with Gasteiger partial charge in [0.1, 0.15) is 0 Å². The van der Waals surface area contributed by atoms with Crippen LogP contribution in [0.4, 0.5) is 5.69 Å². The van der Waals surface area contributed by atoms with Crippen LogP contribution >= 0.6 is 0 Å². The van der Waals surface area contributed by atoms with E-state index < -0.39 is 0 Å². The molecule has 1 N–H and O–H groups in total. The topological polar surface area (TPSA) is 30.0 Å². The molecule has 1 heterocycles. The fourth-order valence-electron chi connectivity index (χ4n) is 3.58. The van der Waals surface area contributed by atoms with Gasteiger partial charge in [0.05, 0.1) is 6.10 Å². The molecule has 24 heavy (non-hydrogen) atoms. The van der Waals surface area contributed by atoms with E-state index in [1.54, 1.807) is 0 Å². The van der Waals surface area contributed by atoms with Gasteiger partial charge in [-0.3, -0.25) is 4.90 Å². The van der Waals surface area contributed by atoms with Crippen molar-refractivity contribution in [2.75, 3.05) is 38.6 Å². The predicted octanol–water partition coefficient (Wildman–Crippen LogP) is 2.81. The number of anilines is 1. The summed E-state index contributed by atoms with van der Waals surface area (Å²) in [5, 5.41) is 9.80. The Kier molecular flexibility index (Phi) is 7.08. The van der Waals surface area contributed by atoms with E-state index in [-0.39, 0.29) is 6.10 Å². The normalized spacial score (nSPS) is 18.3. The Morgan fingerprint density at radius 1 is 1.17 bits per heavy atom. The van der Waals surface area contributed by atoms with Gasteiger partial charge in [-0.25, -0.2) is 0 Å². The van der Waals surface area contributed by atoms with E-state index in [1.807, 2.05) is 6.92 Å². The Morgan fingerprint density at radius 3 is 2.38 bits per heavy atom. The van der Waals surface area contributed by atoms with Gasteiger partial charge in [-0.1, -0.05) is 18.2 Å². The third-order valence-electron chi connectivity index (χ3n) is 5.21. The lowest BCUT2D eigenvalue weighted by atomic mass is 10.0. The van der Waals surface area contributed by atoms with E-state index in [0.29, 0.717) is 18.6 Å². The molecular weight excluding hydrogens is 298 g/mol. The Morgan fingerprint density at radius 2 is 1.79 bits per heavy atom. The zero-order chi connectivity index (χ0) is 17.7. The standard InChI is InChI=1S/C20H35N3O/c1-16(2)23(14-17(3)24)15-18-8-6-7-9-20(18)22(5)19-10-12-21(4)13-11-19/h6-9,16-17,19,24H,10-15H2,1-5H3. The number of piperidine rings is 1. The fourth-order valence-corrected chi connectivity index (χ4v) is 3.58. The molecule has 2 rings (SSSR count). The van der Waals surface area contributed by atoms with Crippen LogP contribution in [0, 0.1) is 0 Å². The first kappa shape index (κ1) is 19.2. The Hall–Kier alpha value is -1.10. The second-order valence-corrected chi connectivity index (χ2v) is 7.65.